The first-order valence-corrected chi connectivity index (χ1v) is 9.76. The summed E-state index contributed by atoms with van der Waals surface area (Å²) in [6, 6.07) is 16.3. The molecule has 0 aliphatic heterocycles. The third-order valence-electron chi connectivity index (χ3n) is 4.85. The van der Waals surface area contributed by atoms with Gasteiger partial charge in [-0.25, -0.2) is 0 Å². The molecule has 0 unspecified atom stereocenters. The number of halogens is 1. The fraction of sp³-hybridized carbons (Fsp3) is 0.455. The van der Waals surface area contributed by atoms with Gasteiger partial charge < -0.3 is 20.1 Å². The van der Waals surface area contributed by atoms with Crippen molar-refractivity contribution in [1.29, 1.82) is 0 Å². The molecule has 27 heavy (non-hydrogen) atoms. The number of aliphatic hydroxyl groups is 3. The maximum absolute atomic E-state index is 9.59. The summed E-state index contributed by atoms with van der Waals surface area (Å²) < 4.78 is 5.46. The Bertz CT molecular complexity index is 623. The molecule has 0 heterocycles. The summed E-state index contributed by atoms with van der Waals surface area (Å²) in [5, 5.41) is 27.8. The van der Waals surface area contributed by atoms with Gasteiger partial charge in [-0.2, -0.15) is 0 Å². The Hall–Kier alpha value is -1.59. The Morgan fingerprint density at radius 3 is 2.00 bits per heavy atom. The summed E-state index contributed by atoms with van der Waals surface area (Å²) in [4.78, 5) is 0. The summed E-state index contributed by atoms with van der Waals surface area (Å²) in [6.07, 6.45) is 0.145. The molecule has 2 rings (SSSR count). The molecule has 3 N–H and O–H groups in total. The van der Waals surface area contributed by atoms with Crippen LogP contribution in [0.15, 0.2) is 48.5 Å². The van der Waals surface area contributed by atoms with Crippen molar-refractivity contribution in [3.05, 3.63) is 65.2 Å². The van der Waals surface area contributed by atoms with Crippen molar-refractivity contribution < 1.29 is 20.1 Å². The summed E-state index contributed by atoms with van der Waals surface area (Å²) in [5.41, 5.74) is 3.37. The average molecular weight is 393 g/mol. The highest BCUT2D eigenvalue weighted by molar-refractivity contribution is 6.18. The third kappa shape index (κ3) is 6.22. The molecule has 2 aromatic rings. The Kier molecular flexibility index (Phi) is 8.11. The van der Waals surface area contributed by atoms with Crippen LogP contribution in [0.25, 0.3) is 0 Å². The van der Waals surface area contributed by atoms with Crippen molar-refractivity contribution in [3.8, 4) is 5.75 Å². The first-order chi connectivity index (χ1) is 12.9. The van der Waals surface area contributed by atoms with E-state index < -0.39 is 12.2 Å². The number of alkyl halides is 1. The van der Waals surface area contributed by atoms with Gasteiger partial charge in [0.05, 0.1) is 12.7 Å². The second-order valence-corrected chi connectivity index (χ2v) is 7.65. The molecule has 0 fully saturated rings. The standard InChI is InChI=1S/C22H29ClO4/c1-22(2,17-6-3-16(4-7-17)5-10-19(25)13-23)18-8-11-21(12-9-18)27-15-20(26)14-24/h3-4,6-9,11-12,19-20,24-26H,5,10,13-15H2,1-2H3/t19-,20+/m0/s1. The molecule has 0 saturated heterocycles. The lowest BCUT2D eigenvalue weighted by atomic mass is 9.78. The van der Waals surface area contributed by atoms with E-state index in [4.69, 9.17) is 21.4 Å². The summed E-state index contributed by atoms with van der Waals surface area (Å²) in [6.45, 7) is 4.10. The van der Waals surface area contributed by atoms with E-state index >= 15 is 0 Å². The van der Waals surface area contributed by atoms with E-state index in [0.29, 0.717) is 12.2 Å². The van der Waals surface area contributed by atoms with Crippen molar-refractivity contribution in [2.45, 2.75) is 44.3 Å². The van der Waals surface area contributed by atoms with Gasteiger partial charge in [0, 0.05) is 11.3 Å². The van der Waals surface area contributed by atoms with E-state index in [2.05, 4.69) is 38.1 Å². The first kappa shape index (κ1) is 21.7. The fourth-order valence-corrected chi connectivity index (χ4v) is 3.03. The van der Waals surface area contributed by atoms with Crippen LogP contribution in [0.2, 0.25) is 0 Å². The summed E-state index contributed by atoms with van der Waals surface area (Å²) in [7, 11) is 0. The van der Waals surface area contributed by atoms with Crippen LogP contribution >= 0.6 is 11.6 Å². The van der Waals surface area contributed by atoms with Gasteiger partial charge in [-0.05, 0) is 41.7 Å². The molecule has 5 heteroatoms. The van der Waals surface area contributed by atoms with Crippen LogP contribution in [0.1, 0.15) is 37.0 Å². The van der Waals surface area contributed by atoms with Crippen molar-refractivity contribution >= 4 is 11.6 Å². The van der Waals surface area contributed by atoms with Gasteiger partial charge in [0.1, 0.15) is 18.5 Å². The van der Waals surface area contributed by atoms with Gasteiger partial charge >= 0.3 is 0 Å². The second kappa shape index (κ2) is 10.1. The molecule has 0 aliphatic carbocycles. The largest absolute Gasteiger partial charge is 0.491 e. The van der Waals surface area contributed by atoms with E-state index in [1.165, 1.54) is 11.1 Å². The number of hydrogen-bond donors (Lipinski definition) is 3. The minimum atomic E-state index is -0.870. The zero-order valence-corrected chi connectivity index (χ0v) is 16.7. The highest BCUT2D eigenvalue weighted by Crippen LogP contribution is 2.32. The molecule has 0 aromatic heterocycles. The number of benzene rings is 2. The quantitative estimate of drug-likeness (QED) is 0.543. The lowest BCUT2D eigenvalue weighted by Crippen LogP contribution is -2.21. The third-order valence-corrected chi connectivity index (χ3v) is 5.21. The zero-order valence-electron chi connectivity index (χ0n) is 15.9. The van der Waals surface area contributed by atoms with Crippen molar-refractivity contribution in [1.82, 2.24) is 0 Å². The van der Waals surface area contributed by atoms with E-state index in [9.17, 15) is 10.2 Å². The van der Waals surface area contributed by atoms with E-state index in [1.54, 1.807) is 0 Å². The van der Waals surface area contributed by atoms with Crippen molar-refractivity contribution in [3.63, 3.8) is 0 Å². The van der Waals surface area contributed by atoms with Crippen LogP contribution in [-0.2, 0) is 11.8 Å². The molecule has 0 aliphatic rings. The monoisotopic (exact) mass is 392 g/mol. The highest BCUT2D eigenvalue weighted by atomic mass is 35.5. The van der Waals surface area contributed by atoms with Gasteiger partial charge in [-0.3, -0.25) is 0 Å². The molecule has 0 saturated carbocycles. The number of rotatable bonds is 10. The molecule has 4 nitrogen and oxygen atoms in total. The van der Waals surface area contributed by atoms with Crippen LogP contribution < -0.4 is 4.74 Å². The smallest absolute Gasteiger partial charge is 0.119 e. The average Bonchev–Trinajstić information content (AvgIpc) is 2.70. The van der Waals surface area contributed by atoms with Gasteiger partial charge in [-0.1, -0.05) is 50.2 Å². The van der Waals surface area contributed by atoms with Crippen LogP contribution in [0.3, 0.4) is 0 Å². The second-order valence-electron chi connectivity index (χ2n) is 7.34. The molecule has 0 bridgehead atoms. The molecular weight excluding hydrogens is 364 g/mol. The first-order valence-electron chi connectivity index (χ1n) is 9.22. The minimum Gasteiger partial charge on any atom is -0.491 e. The zero-order chi connectivity index (χ0) is 19.9. The lowest BCUT2D eigenvalue weighted by Gasteiger charge is -2.26. The van der Waals surface area contributed by atoms with Crippen LogP contribution in [0.4, 0.5) is 0 Å². The summed E-state index contributed by atoms with van der Waals surface area (Å²) >= 11 is 5.64. The van der Waals surface area contributed by atoms with E-state index in [1.807, 2.05) is 24.3 Å². The lowest BCUT2D eigenvalue weighted by molar-refractivity contribution is 0.0536. The molecule has 0 spiro atoms. The van der Waals surface area contributed by atoms with Crippen LogP contribution in [0, 0.1) is 0 Å². The Morgan fingerprint density at radius 2 is 1.48 bits per heavy atom. The van der Waals surface area contributed by atoms with E-state index in [0.717, 1.165) is 12.0 Å². The minimum absolute atomic E-state index is 0.0686. The molecule has 2 aromatic carbocycles. The van der Waals surface area contributed by atoms with Gasteiger partial charge in [0.2, 0.25) is 0 Å². The molecule has 0 radical (unpaired) electrons. The Labute approximate surface area is 166 Å². The highest BCUT2D eigenvalue weighted by Gasteiger charge is 2.23. The van der Waals surface area contributed by atoms with Crippen molar-refractivity contribution in [2.24, 2.45) is 0 Å². The maximum atomic E-state index is 9.59. The summed E-state index contributed by atoms with van der Waals surface area (Å²) in [5.74, 6) is 0.930. The molecule has 148 valence electrons. The normalized spacial score (nSPS) is 14.0. The maximum Gasteiger partial charge on any atom is 0.119 e. The van der Waals surface area contributed by atoms with Gasteiger partial charge in [0.25, 0.3) is 0 Å². The van der Waals surface area contributed by atoms with E-state index in [-0.39, 0.29) is 24.5 Å². The van der Waals surface area contributed by atoms with Crippen molar-refractivity contribution in [2.75, 3.05) is 19.1 Å². The predicted octanol–water partition coefficient (Wildman–Crippen LogP) is 3.28. The number of ether oxygens (including phenoxy) is 1. The Morgan fingerprint density at radius 1 is 0.926 bits per heavy atom. The number of hydrogen-bond acceptors (Lipinski definition) is 4. The molecule has 2 atom stereocenters. The van der Waals surface area contributed by atoms with Gasteiger partial charge in [-0.15, -0.1) is 11.6 Å². The van der Waals surface area contributed by atoms with Crippen LogP contribution in [0.5, 0.6) is 5.75 Å². The predicted molar refractivity (Wildman–Crippen MR) is 109 cm³/mol. The van der Waals surface area contributed by atoms with Gasteiger partial charge in [0.15, 0.2) is 0 Å². The fourth-order valence-electron chi connectivity index (χ4n) is 2.88. The van der Waals surface area contributed by atoms with Crippen LogP contribution in [-0.4, -0.2) is 46.6 Å². The topological polar surface area (TPSA) is 69.9 Å². The molecule has 0 amide bonds. The SMILES string of the molecule is CC(C)(c1ccc(CC[C@H](O)CCl)cc1)c1ccc(OC[C@H](O)CO)cc1. The Balaban J connectivity index is 2.04. The number of aliphatic hydroxyl groups excluding tert-OH is 3. The molecular formula is C22H29ClO4. The number of aryl methyl sites for hydroxylation is 1.